The van der Waals surface area contributed by atoms with Crippen LogP contribution < -0.4 is 0 Å². The molecule has 1 aromatic rings. The summed E-state index contributed by atoms with van der Waals surface area (Å²) in [6.07, 6.45) is 0. The van der Waals surface area contributed by atoms with Gasteiger partial charge in [-0.1, -0.05) is 0 Å². The van der Waals surface area contributed by atoms with Gasteiger partial charge in [-0.05, 0) is 29.8 Å². The van der Waals surface area contributed by atoms with Crippen molar-refractivity contribution < 1.29 is 0 Å². The molecule has 3 nitrogen and oxygen atoms in total. The van der Waals surface area contributed by atoms with Crippen molar-refractivity contribution in [3.63, 3.8) is 0 Å². The van der Waals surface area contributed by atoms with E-state index in [0.717, 1.165) is 12.4 Å². The number of hydrogen-bond acceptors (Lipinski definition) is 2. The van der Waals surface area contributed by atoms with Crippen molar-refractivity contribution in [2.24, 2.45) is 0 Å². The van der Waals surface area contributed by atoms with Crippen molar-refractivity contribution in [3.8, 4) is 0 Å². The third-order valence-corrected chi connectivity index (χ3v) is 1.47. The van der Waals surface area contributed by atoms with Crippen molar-refractivity contribution in [1.82, 2.24) is 14.8 Å². The first-order valence-electron chi connectivity index (χ1n) is 2.81. The van der Waals surface area contributed by atoms with E-state index in [2.05, 4.69) is 26.0 Å². The molecule has 0 amide bonds. The molecule has 9 heavy (non-hydrogen) atoms. The van der Waals surface area contributed by atoms with E-state index < -0.39 is 0 Å². The molecule has 0 spiro atoms. The number of halogens is 1. The van der Waals surface area contributed by atoms with Gasteiger partial charge in [0, 0.05) is 6.54 Å². The smallest absolute Gasteiger partial charge is 0.217 e. The lowest BCUT2D eigenvalue weighted by molar-refractivity contribution is 0.633. The second-order valence-corrected chi connectivity index (χ2v) is 2.45. The first-order valence-corrected chi connectivity index (χ1v) is 3.60. The minimum Gasteiger partial charge on any atom is -0.249 e. The normalized spacial score (nSPS) is 10.1. The molecule has 0 saturated carbocycles. The highest BCUT2D eigenvalue weighted by molar-refractivity contribution is 9.10. The van der Waals surface area contributed by atoms with Crippen LogP contribution in [-0.2, 0) is 6.54 Å². The Morgan fingerprint density at radius 3 is 2.56 bits per heavy atom. The zero-order valence-corrected chi connectivity index (χ0v) is 7.01. The summed E-state index contributed by atoms with van der Waals surface area (Å²) in [5, 5.41) is 4.05. The van der Waals surface area contributed by atoms with Crippen LogP contribution in [0.5, 0.6) is 0 Å². The molecule has 0 saturated heterocycles. The highest BCUT2D eigenvalue weighted by atomic mass is 79.9. The van der Waals surface area contributed by atoms with Crippen molar-refractivity contribution in [2.75, 3.05) is 0 Å². The van der Waals surface area contributed by atoms with E-state index in [9.17, 15) is 0 Å². The van der Waals surface area contributed by atoms with Crippen LogP contribution in [0.4, 0.5) is 0 Å². The summed E-state index contributed by atoms with van der Waals surface area (Å²) in [4.78, 5) is 4.05. The lowest BCUT2D eigenvalue weighted by Gasteiger charge is -1.92. The van der Waals surface area contributed by atoms with E-state index in [-0.39, 0.29) is 0 Å². The zero-order chi connectivity index (χ0) is 6.85. The van der Waals surface area contributed by atoms with E-state index in [4.69, 9.17) is 0 Å². The van der Waals surface area contributed by atoms with Gasteiger partial charge in [-0.25, -0.2) is 9.67 Å². The molecule has 0 aliphatic carbocycles. The number of nitrogens with zero attached hydrogens (tertiary/aromatic N) is 3. The molecule has 0 fully saturated rings. The largest absolute Gasteiger partial charge is 0.249 e. The molecule has 1 heterocycles. The fraction of sp³-hybridized carbons (Fsp3) is 0.600. The van der Waals surface area contributed by atoms with Crippen molar-refractivity contribution >= 4 is 15.9 Å². The van der Waals surface area contributed by atoms with Crippen molar-refractivity contribution in [1.29, 1.82) is 0 Å². The third-order valence-electron chi connectivity index (χ3n) is 1.13. The molecule has 0 N–H and O–H groups in total. The quantitative estimate of drug-likeness (QED) is 0.669. The summed E-state index contributed by atoms with van der Waals surface area (Å²) >= 11 is 3.18. The van der Waals surface area contributed by atoms with Gasteiger partial charge in [0.15, 0.2) is 0 Å². The summed E-state index contributed by atoms with van der Waals surface area (Å²) in [6, 6.07) is 0. The van der Waals surface area contributed by atoms with E-state index in [0.29, 0.717) is 4.73 Å². The Kier molecular flexibility index (Phi) is 1.85. The van der Waals surface area contributed by atoms with Gasteiger partial charge < -0.3 is 0 Å². The maximum absolute atomic E-state index is 4.05. The second-order valence-electron chi connectivity index (χ2n) is 1.74. The predicted octanol–water partition coefficient (Wildman–Crippen LogP) is 1.37. The van der Waals surface area contributed by atoms with Gasteiger partial charge in [0.1, 0.15) is 5.82 Å². The SMILES string of the molecule is CCn1nc(Br)nc1C. The van der Waals surface area contributed by atoms with Gasteiger partial charge in [-0.3, -0.25) is 0 Å². The van der Waals surface area contributed by atoms with Gasteiger partial charge in [0.25, 0.3) is 0 Å². The molecular formula is C5H8BrN3. The van der Waals surface area contributed by atoms with E-state index >= 15 is 0 Å². The van der Waals surface area contributed by atoms with Gasteiger partial charge in [0.2, 0.25) is 4.73 Å². The first-order chi connectivity index (χ1) is 4.24. The topological polar surface area (TPSA) is 30.7 Å². The van der Waals surface area contributed by atoms with Gasteiger partial charge >= 0.3 is 0 Å². The summed E-state index contributed by atoms with van der Waals surface area (Å²) in [5.74, 6) is 0.948. The maximum atomic E-state index is 4.05. The van der Waals surface area contributed by atoms with Crippen LogP contribution in [0.15, 0.2) is 4.73 Å². The summed E-state index contributed by atoms with van der Waals surface area (Å²) < 4.78 is 2.51. The third kappa shape index (κ3) is 1.30. The number of aryl methyl sites for hydroxylation is 2. The Hall–Kier alpha value is -0.380. The lowest BCUT2D eigenvalue weighted by atomic mass is 10.6. The summed E-state index contributed by atoms with van der Waals surface area (Å²) in [5.41, 5.74) is 0. The Bertz CT molecular complexity index is 206. The van der Waals surface area contributed by atoms with Crippen LogP contribution in [-0.4, -0.2) is 14.8 Å². The number of hydrogen-bond donors (Lipinski definition) is 0. The Morgan fingerprint density at radius 1 is 1.67 bits per heavy atom. The van der Waals surface area contributed by atoms with E-state index in [1.807, 2.05) is 18.5 Å². The number of rotatable bonds is 1. The molecule has 0 radical (unpaired) electrons. The van der Waals surface area contributed by atoms with Gasteiger partial charge in [-0.15, -0.1) is 5.10 Å². The fourth-order valence-electron chi connectivity index (χ4n) is 0.685. The molecule has 0 atom stereocenters. The average molecular weight is 190 g/mol. The Balaban J connectivity index is 3.01. The Morgan fingerprint density at radius 2 is 2.33 bits per heavy atom. The van der Waals surface area contributed by atoms with Gasteiger partial charge in [0.05, 0.1) is 0 Å². The zero-order valence-electron chi connectivity index (χ0n) is 5.43. The van der Waals surface area contributed by atoms with Crippen LogP contribution in [0.3, 0.4) is 0 Å². The molecule has 0 aliphatic heterocycles. The van der Waals surface area contributed by atoms with E-state index in [1.54, 1.807) is 0 Å². The van der Waals surface area contributed by atoms with Crippen molar-refractivity contribution in [3.05, 3.63) is 10.6 Å². The molecule has 0 unspecified atom stereocenters. The predicted molar refractivity (Wildman–Crippen MR) is 38.1 cm³/mol. The monoisotopic (exact) mass is 189 g/mol. The molecular weight excluding hydrogens is 182 g/mol. The van der Waals surface area contributed by atoms with Crippen LogP contribution in [0, 0.1) is 6.92 Å². The molecule has 50 valence electrons. The minimum atomic E-state index is 0.668. The lowest BCUT2D eigenvalue weighted by Crippen LogP contribution is -1.98. The Labute approximate surface area is 62.2 Å². The van der Waals surface area contributed by atoms with E-state index in [1.165, 1.54) is 0 Å². The highest BCUT2D eigenvalue weighted by Crippen LogP contribution is 2.02. The first kappa shape index (κ1) is 6.74. The summed E-state index contributed by atoms with van der Waals surface area (Å²) in [7, 11) is 0. The average Bonchev–Trinajstić information content (AvgIpc) is 2.10. The molecule has 0 bridgehead atoms. The van der Waals surface area contributed by atoms with Crippen molar-refractivity contribution in [2.45, 2.75) is 20.4 Å². The molecule has 0 aromatic carbocycles. The summed E-state index contributed by atoms with van der Waals surface area (Å²) in [6.45, 7) is 4.85. The molecule has 1 rings (SSSR count). The molecule has 4 heteroatoms. The van der Waals surface area contributed by atoms with Crippen LogP contribution in [0.1, 0.15) is 12.7 Å². The van der Waals surface area contributed by atoms with Crippen LogP contribution >= 0.6 is 15.9 Å². The minimum absolute atomic E-state index is 0.668. The highest BCUT2D eigenvalue weighted by Gasteiger charge is 1.98. The fourth-order valence-corrected chi connectivity index (χ4v) is 1.13. The van der Waals surface area contributed by atoms with Gasteiger partial charge in [-0.2, -0.15) is 0 Å². The van der Waals surface area contributed by atoms with Crippen LogP contribution in [0.2, 0.25) is 0 Å². The molecule has 1 aromatic heterocycles. The molecule has 0 aliphatic rings. The number of aromatic nitrogens is 3. The second kappa shape index (κ2) is 2.47. The van der Waals surface area contributed by atoms with Crippen LogP contribution in [0.25, 0.3) is 0 Å². The standard InChI is InChI=1S/C5H8BrN3/c1-3-9-4(2)7-5(6)8-9/h3H2,1-2H3. The maximum Gasteiger partial charge on any atom is 0.217 e.